The molecule has 1 heterocycles. The van der Waals surface area contributed by atoms with Gasteiger partial charge in [-0.25, -0.2) is 4.68 Å². The van der Waals surface area contributed by atoms with Crippen LogP contribution < -0.4 is 0 Å². The Kier molecular flexibility index (Phi) is 4.47. The van der Waals surface area contributed by atoms with Crippen molar-refractivity contribution in [3.63, 3.8) is 0 Å². The molecule has 1 N–H and O–H groups in total. The van der Waals surface area contributed by atoms with Gasteiger partial charge < -0.3 is 5.11 Å². The minimum Gasteiger partial charge on any atom is -0.390 e. The fourth-order valence-corrected chi connectivity index (χ4v) is 2.57. The molecule has 0 saturated carbocycles. The molecular weight excluding hydrogens is 262 g/mol. The number of aliphatic hydroxyl groups excluding tert-OH is 1. The van der Waals surface area contributed by atoms with Gasteiger partial charge in [0.05, 0.1) is 18.8 Å². The highest BCUT2D eigenvalue weighted by atomic mass is 16.3. The maximum absolute atomic E-state index is 9.44. The van der Waals surface area contributed by atoms with Crippen LogP contribution in [0.3, 0.4) is 0 Å². The van der Waals surface area contributed by atoms with Gasteiger partial charge in [0, 0.05) is 5.41 Å². The molecule has 4 nitrogen and oxygen atoms in total. The predicted molar refractivity (Wildman–Crippen MR) is 84.3 cm³/mol. The topological polar surface area (TPSA) is 50.9 Å². The highest BCUT2D eigenvalue weighted by Gasteiger charge is 2.24. The first-order valence-electron chi connectivity index (χ1n) is 7.45. The lowest BCUT2D eigenvalue weighted by atomic mass is 9.90. The van der Waals surface area contributed by atoms with Crippen LogP contribution in [0.4, 0.5) is 0 Å². The molecule has 2 rings (SSSR count). The largest absolute Gasteiger partial charge is 0.390 e. The van der Waals surface area contributed by atoms with Crippen molar-refractivity contribution >= 4 is 0 Å². The Morgan fingerprint density at radius 1 is 1.14 bits per heavy atom. The van der Waals surface area contributed by atoms with Gasteiger partial charge in [-0.15, -0.1) is 5.10 Å². The summed E-state index contributed by atoms with van der Waals surface area (Å²) in [5, 5.41) is 17.8. The van der Waals surface area contributed by atoms with Gasteiger partial charge in [0.25, 0.3) is 0 Å². The summed E-state index contributed by atoms with van der Waals surface area (Å²) in [6.07, 6.45) is 0. The maximum Gasteiger partial charge on any atom is 0.112 e. The molecule has 0 fully saturated rings. The smallest absolute Gasteiger partial charge is 0.112 e. The molecule has 0 unspecified atom stereocenters. The minimum absolute atomic E-state index is 0.0705. The first-order chi connectivity index (χ1) is 9.82. The van der Waals surface area contributed by atoms with Gasteiger partial charge in [0.1, 0.15) is 5.69 Å². The van der Waals surface area contributed by atoms with Crippen LogP contribution in [-0.4, -0.2) is 20.1 Å². The third-order valence-corrected chi connectivity index (χ3v) is 3.64. The lowest BCUT2D eigenvalue weighted by Gasteiger charge is -2.21. The maximum atomic E-state index is 9.44. The average molecular weight is 287 g/mol. The van der Waals surface area contributed by atoms with E-state index >= 15 is 0 Å². The highest BCUT2D eigenvalue weighted by Crippen LogP contribution is 2.25. The molecule has 0 bridgehead atoms. The molecule has 0 spiro atoms. The summed E-state index contributed by atoms with van der Waals surface area (Å²) in [6, 6.07) is 8.62. The molecule has 4 heteroatoms. The first-order valence-corrected chi connectivity index (χ1v) is 7.45. The summed E-state index contributed by atoms with van der Waals surface area (Å²) in [7, 11) is 0. The third kappa shape index (κ3) is 3.50. The molecule has 0 amide bonds. The normalized spacial score (nSPS) is 12.1. The van der Waals surface area contributed by atoms with E-state index in [2.05, 4.69) is 69.2 Å². The summed E-state index contributed by atoms with van der Waals surface area (Å²) >= 11 is 0. The van der Waals surface area contributed by atoms with Crippen molar-refractivity contribution in [2.75, 3.05) is 0 Å². The molecule has 0 aliphatic rings. The Morgan fingerprint density at radius 2 is 1.76 bits per heavy atom. The molecule has 0 atom stereocenters. The zero-order valence-corrected chi connectivity index (χ0v) is 13.6. The Hall–Kier alpha value is -1.68. The number of aliphatic hydroxyl groups is 1. The standard InChI is InChI=1S/C17H25N3O/c1-12(2)14-8-6-13(7-9-14)10-20-16(17(3,4)5)15(11-21)18-19-20/h6-9,12,21H,10-11H2,1-5H3. The van der Waals surface area contributed by atoms with Crippen LogP contribution in [-0.2, 0) is 18.6 Å². The van der Waals surface area contributed by atoms with Crippen LogP contribution in [0.25, 0.3) is 0 Å². The zero-order valence-electron chi connectivity index (χ0n) is 13.6. The summed E-state index contributed by atoms with van der Waals surface area (Å²) in [5.41, 5.74) is 4.10. The SMILES string of the molecule is CC(C)c1ccc(Cn2nnc(CO)c2C(C)(C)C)cc1. The monoisotopic (exact) mass is 287 g/mol. The van der Waals surface area contributed by atoms with Crippen LogP contribution in [0, 0.1) is 0 Å². The number of hydrogen-bond acceptors (Lipinski definition) is 3. The Balaban J connectivity index is 2.29. The summed E-state index contributed by atoms with van der Waals surface area (Å²) < 4.78 is 1.90. The highest BCUT2D eigenvalue weighted by molar-refractivity contribution is 5.26. The van der Waals surface area contributed by atoms with Crippen molar-refractivity contribution in [3.8, 4) is 0 Å². The van der Waals surface area contributed by atoms with Gasteiger partial charge in [-0.2, -0.15) is 0 Å². The Morgan fingerprint density at radius 3 is 2.24 bits per heavy atom. The van der Waals surface area contributed by atoms with E-state index in [4.69, 9.17) is 0 Å². The molecule has 2 aromatic rings. The first kappa shape index (κ1) is 15.7. The van der Waals surface area contributed by atoms with E-state index in [-0.39, 0.29) is 12.0 Å². The van der Waals surface area contributed by atoms with Crippen LogP contribution in [0.2, 0.25) is 0 Å². The fourth-order valence-electron chi connectivity index (χ4n) is 2.57. The van der Waals surface area contributed by atoms with E-state index in [1.807, 2.05) is 4.68 Å². The van der Waals surface area contributed by atoms with Gasteiger partial charge in [-0.3, -0.25) is 0 Å². The van der Waals surface area contributed by atoms with Gasteiger partial charge in [-0.1, -0.05) is 64.1 Å². The van der Waals surface area contributed by atoms with Crippen LogP contribution >= 0.6 is 0 Å². The summed E-state index contributed by atoms with van der Waals surface area (Å²) in [5.74, 6) is 0.538. The second kappa shape index (κ2) is 5.98. The molecule has 1 aromatic heterocycles. The predicted octanol–water partition coefficient (Wildman–Crippen LogP) is 3.24. The van der Waals surface area contributed by atoms with Crippen molar-refractivity contribution < 1.29 is 5.11 Å². The van der Waals surface area contributed by atoms with Crippen molar-refractivity contribution in [1.82, 2.24) is 15.0 Å². The zero-order chi connectivity index (χ0) is 15.6. The number of aromatic nitrogens is 3. The minimum atomic E-state index is -0.0978. The van der Waals surface area contributed by atoms with Gasteiger partial charge in [-0.05, 0) is 17.0 Å². The number of benzene rings is 1. The molecule has 21 heavy (non-hydrogen) atoms. The Bertz CT molecular complexity index is 591. The number of hydrogen-bond donors (Lipinski definition) is 1. The summed E-state index contributed by atoms with van der Waals surface area (Å²) in [6.45, 7) is 11.3. The van der Waals surface area contributed by atoms with Crippen molar-refractivity contribution in [2.45, 2.75) is 59.1 Å². The number of rotatable bonds is 4. The van der Waals surface area contributed by atoms with E-state index in [1.54, 1.807) is 0 Å². The van der Waals surface area contributed by atoms with Crippen molar-refractivity contribution in [1.29, 1.82) is 0 Å². The van der Waals surface area contributed by atoms with E-state index < -0.39 is 0 Å². The second-order valence-corrected chi connectivity index (χ2v) is 6.85. The van der Waals surface area contributed by atoms with Crippen LogP contribution in [0.5, 0.6) is 0 Å². The van der Waals surface area contributed by atoms with Gasteiger partial charge >= 0.3 is 0 Å². The summed E-state index contributed by atoms with van der Waals surface area (Å²) in [4.78, 5) is 0. The molecule has 0 aliphatic heterocycles. The Labute approximate surface area is 126 Å². The molecule has 0 radical (unpaired) electrons. The van der Waals surface area contributed by atoms with E-state index in [1.165, 1.54) is 11.1 Å². The second-order valence-electron chi connectivity index (χ2n) is 6.85. The molecular formula is C17H25N3O. The van der Waals surface area contributed by atoms with E-state index in [0.717, 1.165) is 5.69 Å². The van der Waals surface area contributed by atoms with Crippen molar-refractivity contribution in [2.24, 2.45) is 0 Å². The van der Waals surface area contributed by atoms with Crippen LogP contribution in [0.1, 0.15) is 63.1 Å². The van der Waals surface area contributed by atoms with Crippen LogP contribution in [0.15, 0.2) is 24.3 Å². The molecule has 114 valence electrons. The lowest BCUT2D eigenvalue weighted by Crippen LogP contribution is -2.21. The molecule has 0 aliphatic carbocycles. The van der Waals surface area contributed by atoms with Crippen molar-refractivity contribution in [3.05, 3.63) is 46.8 Å². The molecule has 1 aromatic carbocycles. The quantitative estimate of drug-likeness (QED) is 0.939. The average Bonchev–Trinajstić information content (AvgIpc) is 2.82. The van der Waals surface area contributed by atoms with Gasteiger partial charge in [0.15, 0.2) is 0 Å². The van der Waals surface area contributed by atoms with E-state index in [9.17, 15) is 5.11 Å². The third-order valence-electron chi connectivity index (χ3n) is 3.64. The lowest BCUT2D eigenvalue weighted by molar-refractivity contribution is 0.273. The fraction of sp³-hybridized carbons (Fsp3) is 0.529. The number of nitrogens with zero attached hydrogens (tertiary/aromatic N) is 3. The van der Waals surface area contributed by atoms with E-state index in [0.29, 0.717) is 18.2 Å². The molecule has 0 saturated heterocycles. The van der Waals surface area contributed by atoms with Gasteiger partial charge in [0.2, 0.25) is 0 Å².